The van der Waals surface area contributed by atoms with Crippen LogP contribution >= 0.6 is 11.6 Å². The van der Waals surface area contributed by atoms with Crippen LogP contribution in [0, 0.1) is 0 Å². The molecule has 1 aromatic carbocycles. The van der Waals surface area contributed by atoms with Gasteiger partial charge in [0.2, 0.25) is 11.8 Å². The maximum absolute atomic E-state index is 12.3. The van der Waals surface area contributed by atoms with Crippen molar-refractivity contribution in [3.63, 3.8) is 0 Å². The van der Waals surface area contributed by atoms with E-state index < -0.39 is 11.9 Å². The zero-order valence-corrected chi connectivity index (χ0v) is 15.3. The van der Waals surface area contributed by atoms with Crippen LogP contribution < -0.4 is 5.32 Å². The second-order valence-electron chi connectivity index (χ2n) is 6.01. The molecule has 0 saturated carbocycles. The molecule has 1 fully saturated rings. The van der Waals surface area contributed by atoms with Crippen molar-refractivity contribution in [2.45, 2.75) is 6.54 Å². The summed E-state index contributed by atoms with van der Waals surface area (Å²) in [5.74, 6) is -0.443. The summed E-state index contributed by atoms with van der Waals surface area (Å²) in [6.45, 7) is -0.355. The molecule has 9 nitrogen and oxygen atoms in total. The quantitative estimate of drug-likeness (QED) is 0.715. The van der Waals surface area contributed by atoms with E-state index in [4.69, 9.17) is 11.6 Å². The van der Waals surface area contributed by atoms with Gasteiger partial charge < -0.3 is 15.3 Å². The minimum atomic E-state index is -0.513. The van der Waals surface area contributed by atoms with Crippen LogP contribution in [-0.2, 0) is 16.1 Å². The molecule has 142 valence electrons. The van der Waals surface area contributed by atoms with E-state index in [0.29, 0.717) is 16.5 Å². The number of imide groups is 1. The molecule has 3 rings (SSSR count). The van der Waals surface area contributed by atoms with Crippen molar-refractivity contribution in [3.05, 3.63) is 35.4 Å². The van der Waals surface area contributed by atoms with Gasteiger partial charge in [-0.15, -0.1) is 0 Å². The van der Waals surface area contributed by atoms with Gasteiger partial charge in [0.1, 0.15) is 18.9 Å². The summed E-state index contributed by atoms with van der Waals surface area (Å²) in [7, 11) is 1.37. The first-order valence-electron chi connectivity index (χ1n) is 8.19. The molecule has 10 heteroatoms. The SMILES string of the molecule is CN1C(=O)CN(CC(=O)Nc2cc(-c3ccc(Cl)cc3)nn2CCO)C1=O. The number of nitrogens with one attached hydrogen (secondary N) is 1. The summed E-state index contributed by atoms with van der Waals surface area (Å²) in [5.41, 5.74) is 1.40. The Morgan fingerprint density at radius 3 is 2.59 bits per heavy atom. The van der Waals surface area contributed by atoms with Crippen molar-refractivity contribution in [3.8, 4) is 11.3 Å². The first kappa shape index (κ1) is 18.9. The fourth-order valence-electron chi connectivity index (χ4n) is 2.68. The number of likely N-dealkylation sites (N-methyl/N-ethyl adjacent to an activating group) is 1. The molecule has 2 N–H and O–H groups in total. The van der Waals surface area contributed by atoms with E-state index in [2.05, 4.69) is 10.4 Å². The Balaban J connectivity index is 1.75. The summed E-state index contributed by atoms with van der Waals surface area (Å²) in [4.78, 5) is 37.9. The Hall–Kier alpha value is -2.91. The number of aromatic nitrogens is 2. The minimum absolute atomic E-state index is 0.130. The van der Waals surface area contributed by atoms with Crippen molar-refractivity contribution in [2.75, 3.05) is 32.1 Å². The number of benzene rings is 1. The van der Waals surface area contributed by atoms with Crippen LogP contribution in [-0.4, -0.2) is 69.3 Å². The van der Waals surface area contributed by atoms with Gasteiger partial charge >= 0.3 is 6.03 Å². The van der Waals surface area contributed by atoms with Crippen LogP contribution in [0.1, 0.15) is 0 Å². The summed E-state index contributed by atoms with van der Waals surface area (Å²) < 4.78 is 1.46. The van der Waals surface area contributed by atoms with Gasteiger partial charge in [0.15, 0.2) is 0 Å². The van der Waals surface area contributed by atoms with Gasteiger partial charge in [0, 0.05) is 23.7 Å². The fraction of sp³-hybridized carbons (Fsp3) is 0.294. The summed E-state index contributed by atoms with van der Waals surface area (Å²) in [6.07, 6.45) is 0. The number of aliphatic hydroxyl groups is 1. The first-order valence-corrected chi connectivity index (χ1v) is 8.57. The normalized spacial score (nSPS) is 14.2. The number of hydrogen-bond donors (Lipinski definition) is 2. The summed E-state index contributed by atoms with van der Waals surface area (Å²) in [5, 5.41) is 16.9. The molecule has 0 radical (unpaired) electrons. The molecular weight excluding hydrogens is 374 g/mol. The van der Waals surface area contributed by atoms with E-state index in [9.17, 15) is 19.5 Å². The van der Waals surface area contributed by atoms with Crippen LogP contribution in [0.5, 0.6) is 0 Å². The van der Waals surface area contributed by atoms with E-state index in [-0.39, 0.29) is 32.1 Å². The van der Waals surface area contributed by atoms with Crippen molar-refractivity contribution in [1.29, 1.82) is 0 Å². The molecule has 1 aliphatic rings. The Labute approximate surface area is 160 Å². The molecule has 0 unspecified atom stereocenters. The monoisotopic (exact) mass is 391 g/mol. The van der Waals surface area contributed by atoms with Gasteiger partial charge in [-0.25, -0.2) is 9.48 Å². The third-order valence-corrected chi connectivity index (χ3v) is 4.34. The van der Waals surface area contributed by atoms with E-state index in [1.54, 1.807) is 30.3 Å². The van der Waals surface area contributed by atoms with E-state index >= 15 is 0 Å². The van der Waals surface area contributed by atoms with Crippen LogP contribution in [0.15, 0.2) is 30.3 Å². The predicted molar refractivity (Wildman–Crippen MR) is 98.1 cm³/mol. The number of rotatable bonds is 6. The minimum Gasteiger partial charge on any atom is -0.394 e. The zero-order valence-electron chi connectivity index (χ0n) is 14.6. The lowest BCUT2D eigenvalue weighted by atomic mass is 10.1. The molecule has 27 heavy (non-hydrogen) atoms. The average molecular weight is 392 g/mol. The fourth-order valence-corrected chi connectivity index (χ4v) is 2.81. The predicted octanol–water partition coefficient (Wildman–Crippen LogP) is 1.03. The molecule has 1 aliphatic heterocycles. The smallest absolute Gasteiger partial charge is 0.327 e. The topological polar surface area (TPSA) is 108 Å². The number of anilines is 1. The molecule has 2 heterocycles. The molecule has 0 aliphatic carbocycles. The van der Waals surface area contributed by atoms with E-state index in [0.717, 1.165) is 15.4 Å². The maximum Gasteiger partial charge on any atom is 0.327 e. The van der Waals surface area contributed by atoms with Crippen molar-refractivity contribution >= 4 is 35.3 Å². The number of halogens is 1. The van der Waals surface area contributed by atoms with Crippen molar-refractivity contribution in [1.82, 2.24) is 19.6 Å². The molecule has 1 saturated heterocycles. The number of carbonyl (C=O) groups is 3. The number of nitrogens with zero attached hydrogens (tertiary/aromatic N) is 4. The Bertz CT molecular complexity index is 880. The molecule has 1 aromatic heterocycles. The highest BCUT2D eigenvalue weighted by molar-refractivity contribution is 6.30. The van der Waals surface area contributed by atoms with Crippen LogP contribution in [0.25, 0.3) is 11.3 Å². The summed E-state index contributed by atoms with van der Waals surface area (Å²) in [6, 6.07) is 8.20. The van der Waals surface area contributed by atoms with Crippen LogP contribution in [0.4, 0.5) is 10.6 Å². The van der Waals surface area contributed by atoms with Gasteiger partial charge in [-0.2, -0.15) is 5.10 Å². The van der Waals surface area contributed by atoms with Gasteiger partial charge in [-0.3, -0.25) is 14.5 Å². The molecule has 0 spiro atoms. The summed E-state index contributed by atoms with van der Waals surface area (Å²) >= 11 is 5.89. The maximum atomic E-state index is 12.3. The van der Waals surface area contributed by atoms with Crippen molar-refractivity contribution in [2.24, 2.45) is 0 Å². The zero-order chi connectivity index (χ0) is 19.6. The molecule has 4 amide bonds. The third-order valence-electron chi connectivity index (χ3n) is 4.09. The number of urea groups is 1. The van der Waals surface area contributed by atoms with Crippen LogP contribution in [0.3, 0.4) is 0 Å². The lowest BCUT2D eigenvalue weighted by Crippen LogP contribution is -2.36. The highest BCUT2D eigenvalue weighted by atomic mass is 35.5. The first-order chi connectivity index (χ1) is 12.9. The Morgan fingerprint density at radius 1 is 1.30 bits per heavy atom. The largest absolute Gasteiger partial charge is 0.394 e. The Morgan fingerprint density at radius 2 is 2.00 bits per heavy atom. The number of carbonyl (C=O) groups excluding carboxylic acids is 3. The lowest BCUT2D eigenvalue weighted by Gasteiger charge is -2.14. The number of hydrogen-bond acceptors (Lipinski definition) is 5. The van der Waals surface area contributed by atoms with Gasteiger partial charge in [0.25, 0.3) is 0 Å². The highest BCUT2D eigenvalue weighted by Gasteiger charge is 2.34. The van der Waals surface area contributed by atoms with Gasteiger partial charge in [-0.05, 0) is 12.1 Å². The standard InChI is InChI=1S/C17H18ClN5O4/c1-21-16(26)10-22(17(21)27)9-15(25)19-14-8-13(20-23(14)6-7-24)11-2-4-12(18)5-3-11/h2-5,8,24H,6-7,9-10H2,1H3,(H,19,25). The van der Waals surface area contributed by atoms with E-state index in [1.165, 1.54) is 11.7 Å². The molecule has 0 atom stereocenters. The highest BCUT2D eigenvalue weighted by Crippen LogP contribution is 2.23. The molecule has 0 bridgehead atoms. The third kappa shape index (κ3) is 4.09. The van der Waals surface area contributed by atoms with E-state index in [1.807, 2.05) is 0 Å². The van der Waals surface area contributed by atoms with Crippen LogP contribution in [0.2, 0.25) is 5.02 Å². The average Bonchev–Trinajstić information content (AvgIpc) is 3.12. The van der Waals surface area contributed by atoms with Gasteiger partial charge in [0.05, 0.1) is 18.8 Å². The van der Waals surface area contributed by atoms with Crippen molar-refractivity contribution < 1.29 is 19.5 Å². The Kier molecular flexibility index (Phi) is 5.43. The number of aliphatic hydroxyl groups excluding tert-OH is 1. The number of amides is 4. The molecule has 2 aromatic rings. The molecular formula is C17H18ClN5O4. The second kappa shape index (κ2) is 7.77. The lowest BCUT2D eigenvalue weighted by molar-refractivity contribution is -0.124. The van der Waals surface area contributed by atoms with Gasteiger partial charge in [-0.1, -0.05) is 23.7 Å². The second-order valence-corrected chi connectivity index (χ2v) is 6.44.